The zero-order valence-electron chi connectivity index (χ0n) is 10.5. The normalized spacial score (nSPS) is 10.8. The van der Waals surface area contributed by atoms with E-state index in [-0.39, 0.29) is 5.82 Å². The minimum absolute atomic E-state index is 0.302. The third kappa shape index (κ3) is 2.61. The van der Waals surface area contributed by atoms with E-state index in [1.54, 1.807) is 29.5 Å². The van der Waals surface area contributed by atoms with E-state index in [9.17, 15) is 4.39 Å². The van der Waals surface area contributed by atoms with Gasteiger partial charge in [0.1, 0.15) is 6.61 Å². The summed E-state index contributed by atoms with van der Waals surface area (Å²) in [5, 5.41) is 1.21. The van der Waals surface area contributed by atoms with Crippen molar-refractivity contribution >= 4 is 21.4 Å². The highest BCUT2D eigenvalue weighted by Gasteiger charge is 2.05. The Morgan fingerprint density at radius 1 is 1.11 bits per heavy atom. The number of hydrogen-bond acceptors (Lipinski definition) is 2. The first-order valence-electron chi connectivity index (χ1n) is 6.09. The van der Waals surface area contributed by atoms with Crippen LogP contribution in [0.1, 0.15) is 10.4 Å². The Hall–Kier alpha value is -1.87. The van der Waals surface area contributed by atoms with E-state index < -0.39 is 0 Å². The molecule has 3 rings (SSSR count). The molecule has 0 amide bonds. The summed E-state index contributed by atoms with van der Waals surface area (Å²) in [6, 6.07) is 14.9. The van der Waals surface area contributed by atoms with Crippen LogP contribution in [0.2, 0.25) is 0 Å². The molecule has 0 aliphatic carbocycles. The van der Waals surface area contributed by atoms with Gasteiger partial charge in [0.15, 0.2) is 11.6 Å². The number of benzene rings is 2. The lowest BCUT2D eigenvalue weighted by atomic mass is 10.2. The first-order chi connectivity index (χ1) is 9.22. The summed E-state index contributed by atoms with van der Waals surface area (Å²) in [5.41, 5.74) is 1.25. The quantitative estimate of drug-likeness (QED) is 0.657. The first-order valence-corrected chi connectivity index (χ1v) is 6.90. The monoisotopic (exact) mass is 272 g/mol. The van der Waals surface area contributed by atoms with Crippen molar-refractivity contribution in [2.75, 3.05) is 0 Å². The Morgan fingerprint density at radius 3 is 2.79 bits per heavy atom. The van der Waals surface area contributed by atoms with Gasteiger partial charge >= 0.3 is 0 Å². The molecule has 0 saturated heterocycles. The van der Waals surface area contributed by atoms with Gasteiger partial charge in [0.2, 0.25) is 0 Å². The average Bonchev–Trinajstić information content (AvgIpc) is 2.79. The molecule has 0 unspecified atom stereocenters. The van der Waals surface area contributed by atoms with Crippen LogP contribution in [0.15, 0.2) is 48.5 Å². The zero-order valence-corrected chi connectivity index (χ0v) is 11.3. The molecule has 0 fully saturated rings. The lowest BCUT2D eigenvalue weighted by Crippen LogP contribution is -1.94. The van der Waals surface area contributed by atoms with E-state index in [4.69, 9.17) is 4.74 Å². The molecule has 1 aromatic heterocycles. The molecule has 0 aliphatic rings. The minimum Gasteiger partial charge on any atom is -0.485 e. The van der Waals surface area contributed by atoms with Crippen molar-refractivity contribution in [3.05, 3.63) is 64.8 Å². The average molecular weight is 272 g/mol. The van der Waals surface area contributed by atoms with E-state index in [2.05, 4.69) is 31.2 Å². The van der Waals surface area contributed by atoms with Crippen LogP contribution in [0.25, 0.3) is 10.1 Å². The van der Waals surface area contributed by atoms with Crippen LogP contribution in [0, 0.1) is 12.7 Å². The SMILES string of the molecule is Cc1ccc2cc(COc3ccccc3F)sc2c1. The molecule has 0 radical (unpaired) electrons. The Morgan fingerprint density at radius 2 is 1.95 bits per heavy atom. The van der Waals surface area contributed by atoms with Crippen molar-refractivity contribution in [3.8, 4) is 5.75 Å². The Bertz CT molecular complexity index is 718. The van der Waals surface area contributed by atoms with Crippen LogP contribution in [0.3, 0.4) is 0 Å². The van der Waals surface area contributed by atoms with Crippen LogP contribution < -0.4 is 4.74 Å². The van der Waals surface area contributed by atoms with Crippen molar-refractivity contribution in [3.63, 3.8) is 0 Å². The Balaban J connectivity index is 1.80. The molecule has 0 N–H and O–H groups in total. The highest BCUT2D eigenvalue weighted by atomic mass is 32.1. The largest absolute Gasteiger partial charge is 0.485 e. The van der Waals surface area contributed by atoms with Crippen molar-refractivity contribution < 1.29 is 9.13 Å². The van der Waals surface area contributed by atoms with Gasteiger partial charge in [-0.25, -0.2) is 4.39 Å². The molecule has 0 aliphatic heterocycles. The lowest BCUT2D eigenvalue weighted by molar-refractivity contribution is 0.293. The summed E-state index contributed by atoms with van der Waals surface area (Å²) < 4.78 is 20.2. The lowest BCUT2D eigenvalue weighted by Gasteiger charge is -2.04. The molecule has 2 aromatic carbocycles. The van der Waals surface area contributed by atoms with Crippen LogP contribution in [-0.2, 0) is 6.61 Å². The molecule has 1 nitrogen and oxygen atoms in total. The fourth-order valence-electron chi connectivity index (χ4n) is 1.98. The van der Waals surface area contributed by atoms with Crippen LogP contribution in [0.4, 0.5) is 4.39 Å². The number of fused-ring (bicyclic) bond motifs is 1. The zero-order chi connectivity index (χ0) is 13.2. The number of aryl methyl sites for hydroxylation is 1. The maximum atomic E-state index is 13.4. The van der Waals surface area contributed by atoms with Crippen LogP contribution in [0.5, 0.6) is 5.75 Å². The number of ether oxygens (including phenoxy) is 1. The van der Waals surface area contributed by atoms with E-state index >= 15 is 0 Å². The van der Waals surface area contributed by atoms with Gasteiger partial charge in [-0.05, 0) is 42.1 Å². The summed E-state index contributed by atoms with van der Waals surface area (Å²) in [5.74, 6) is -0.0180. The van der Waals surface area contributed by atoms with E-state index in [1.165, 1.54) is 21.7 Å². The van der Waals surface area contributed by atoms with Crippen molar-refractivity contribution in [2.24, 2.45) is 0 Å². The Labute approximate surface area is 115 Å². The number of rotatable bonds is 3. The van der Waals surface area contributed by atoms with E-state index in [1.807, 2.05) is 0 Å². The predicted octanol–water partition coefficient (Wildman–Crippen LogP) is 4.93. The van der Waals surface area contributed by atoms with E-state index in [0.717, 1.165) is 4.88 Å². The summed E-state index contributed by atoms with van der Waals surface area (Å²) in [6.07, 6.45) is 0. The molecule has 3 heteroatoms. The third-order valence-electron chi connectivity index (χ3n) is 2.93. The number of thiophene rings is 1. The van der Waals surface area contributed by atoms with Gasteiger partial charge in [-0.3, -0.25) is 0 Å². The van der Waals surface area contributed by atoms with Gasteiger partial charge in [0.25, 0.3) is 0 Å². The molecule has 0 saturated carbocycles. The topological polar surface area (TPSA) is 9.23 Å². The molecule has 3 aromatic rings. The molecule has 0 spiro atoms. The maximum Gasteiger partial charge on any atom is 0.165 e. The molecule has 96 valence electrons. The second-order valence-electron chi connectivity index (χ2n) is 4.47. The molecular formula is C16H13FOS. The second kappa shape index (κ2) is 5.02. The fraction of sp³-hybridized carbons (Fsp3) is 0.125. The third-order valence-corrected chi connectivity index (χ3v) is 4.00. The highest BCUT2D eigenvalue weighted by molar-refractivity contribution is 7.19. The van der Waals surface area contributed by atoms with Crippen molar-refractivity contribution in [2.45, 2.75) is 13.5 Å². The number of hydrogen-bond donors (Lipinski definition) is 0. The number of halogens is 1. The minimum atomic E-state index is -0.320. The van der Waals surface area contributed by atoms with Gasteiger partial charge < -0.3 is 4.74 Å². The van der Waals surface area contributed by atoms with Crippen molar-refractivity contribution in [1.82, 2.24) is 0 Å². The molecule has 19 heavy (non-hydrogen) atoms. The molecular weight excluding hydrogens is 259 g/mol. The van der Waals surface area contributed by atoms with Crippen LogP contribution in [-0.4, -0.2) is 0 Å². The van der Waals surface area contributed by atoms with Crippen LogP contribution >= 0.6 is 11.3 Å². The summed E-state index contributed by atoms with van der Waals surface area (Å²) in [4.78, 5) is 1.10. The molecule has 0 atom stereocenters. The second-order valence-corrected chi connectivity index (χ2v) is 5.64. The maximum absolute atomic E-state index is 13.4. The highest BCUT2D eigenvalue weighted by Crippen LogP contribution is 2.28. The first kappa shape index (κ1) is 12.2. The Kier molecular flexibility index (Phi) is 3.22. The summed E-state index contributed by atoms with van der Waals surface area (Å²) >= 11 is 1.69. The number of para-hydroxylation sites is 1. The van der Waals surface area contributed by atoms with Gasteiger partial charge in [0.05, 0.1) is 0 Å². The smallest absolute Gasteiger partial charge is 0.165 e. The van der Waals surface area contributed by atoms with Gasteiger partial charge in [0, 0.05) is 9.58 Å². The summed E-state index contributed by atoms with van der Waals surface area (Å²) in [6.45, 7) is 2.48. The fourth-order valence-corrected chi connectivity index (χ4v) is 3.05. The molecule has 1 heterocycles. The van der Waals surface area contributed by atoms with Gasteiger partial charge in [-0.2, -0.15) is 0 Å². The molecule has 0 bridgehead atoms. The standard InChI is InChI=1S/C16H13FOS/c1-11-6-7-12-9-13(19-16(12)8-11)10-18-15-5-3-2-4-14(15)17/h2-9H,10H2,1H3. The van der Waals surface area contributed by atoms with Gasteiger partial charge in [-0.1, -0.05) is 24.3 Å². The van der Waals surface area contributed by atoms with Crippen molar-refractivity contribution in [1.29, 1.82) is 0 Å². The predicted molar refractivity (Wildman–Crippen MR) is 77.3 cm³/mol. The summed E-state index contributed by atoms with van der Waals surface area (Å²) in [7, 11) is 0. The van der Waals surface area contributed by atoms with Gasteiger partial charge in [-0.15, -0.1) is 11.3 Å². The van der Waals surface area contributed by atoms with E-state index in [0.29, 0.717) is 12.4 Å².